The highest BCUT2D eigenvalue weighted by molar-refractivity contribution is 9.10. The summed E-state index contributed by atoms with van der Waals surface area (Å²) in [6.45, 7) is 1.17. The number of hydrogen-bond acceptors (Lipinski definition) is 4. The molecule has 3 N–H and O–H groups in total. The van der Waals surface area contributed by atoms with Crippen molar-refractivity contribution in [1.82, 2.24) is 15.5 Å². The van der Waals surface area contributed by atoms with Crippen LogP contribution in [0.3, 0.4) is 0 Å². The fraction of sp³-hybridized carbons (Fsp3) is 0.200. The first-order chi connectivity index (χ1) is 13.8. The minimum Gasteiger partial charge on any atom is -0.355 e. The summed E-state index contributed by atoms with van der Waals surface area (Å²) in [7, 11) is 1.53. The number of carbonyl (C=O) groups excluding carboxylic acids is 4. The molecule has 0 aliphatic carbocycles. The molecule has 0 aromatic heterocycles. The summed E-state index contributed by atoms with van der Waals surface area (Å²) >= 11 is 3.40. The molecule has 1 heterocycles. The van der Waals surface area contributed by atoms with Crippen molar-refractivity contribution in [3.05, 3.63) is 64.1 Å². The Kier molecular flexibility index (Phi) is 5.69. The first-order valence-electron chi connectivity index (χ1n) is 8.77. The molecule has 1 atom stereocenters. The molecule has 1 aliphatic rings. The number of hydrogen-bond donors (Lipinski definition) is 3. The van der Waals surface area contributed by atoms with E-state index < -0.39 is 29.9 Å². The van der Waals surface area contributed by atoms with E-state index in [9.17, 15) is 19.2 Å². The lowest BCUT2D eigenvalue weighted by Crippen LogP contribution is -2.42. The average molecular weight is 459 g/mol. The van der Waals surface area contributed by atoms with Gasteiger partial charge in [-0.3, -0.25) is 19.3 Å². The first kappa shape index (κ1) is 20.5. The lowest BCUT2D eigenvalue weighted by molar-refractivity contribution is -0.133. The Morgan fingerprint density at radius 3 is 2.38 bits per heavy atom. The van der Waals surface area contributed by atoms with Crippen molar-refractivity contribution in [2.24, 2.45) is 0 Å². The van der Waals surface area contributed by atoms with Gasteiger partial charge in [0.05, 0.1) is 0 Å². The maximum Gasteiger partial charge on any atom is 0.325 e. The number of urea groups is 1. The number of nitrogens with zero attached hydrogens (tertiary/aromatic N) is 1. The molecule has 0 radical (unpaired) electrons. The fourth-order valence-electron chi connectivity index (χ4n) is 3.08. The number of nitrogens with one attached hydrogen (secondary N) is 3. The largest absolute Gasteiger partial charge is 0.355 e. The van der Waals surface area contributed by atoms with E-state index in [0.717, 1.165) is 4.90 Å². The van der Waals surface area contributed by atoms with Gasteiger partial charge >= 0.3 is 6.03 Å². The predicted molar refractivity (Wildman–Crippen MR) is 110 cm³/mol. The summed E-state index contributed by atoms with van der Waals surface area (Å²) in [5, 5.41) is 7.79. The molecule has 0 bridgehead atoms. The molecule has 0 saturated carbocycles. The smallest absolute Gasteiger partial charge is 0.325 e. The maximum atomic E-state index is 12.9. The standard InChI is InChI=1S/C20H19BrN4O4/c1-20(14-5-3-4-6-15(14)21)18(28)25(19(29)24-20)11-16(26)23-13-9-7-12(8-10-13)17(27)22-2/h3-10H,11H2,1-2H3,(H,22,27)(H,23,26)(H,24,29). The molecule has 9 heteroatoms. The van der Waals surface area contributed by atoms with Crippen LogP contribution in [-0.2, 0) is 15.1 Å². The molecule has 150 valence electrons. The van der Waals surface area contributed by atoms with Gasteiger partial charge in [0.25, 0.3) is 11.8 Å². The molecule has 8 nitrogen and oxygen atoms in total. The molecule has 3 rings (SSSR count). The third kappa shape index (κ3) is 4.00. The van der Waals surface area contributed by atoms with E-state index in [1.807, 2.05) is 0 Å². The van der Waals surface area contributed by atoms with E-state index in [2.05, 4.69) is 31.9 Å². The Balaban J connectivity index is 1.71. The Morgan fingerprint density at radius 2 is 1.76 bits per heavy atom. The fourth-order valence-corrected chi connectivity index (χ4v) is 3.76. The minimum absolute atomic E-state index is 0.242. The molecule has 29 heavy (non-hydrogen) atoms. The number of imide groups is 1. The van der Waals surface area contributed by atoms with Gasteiger partial charge in [-0.15, -0.1) is 0 Å². The molecule has 0 spiro atoms. The monoisotopic (exact) mass is 458 g/mol. The van der Waals surface area contributed by atoms with Crippen LogP contribution in [0.5, 0.6) is 0 Å². The first-order valence-corrected chi connectivity index (χ1v) is 9.56. The van der Waals surface area contributed by atoms with Gasteiger partial charge in [0.1, 0.15) is 12.1 Å². The molecule has 1 unspecified atom stereocenters. The van der Waals surface area contributed by atoms with Crippen LogP contribution < -0.4 is 16.0 Å². The molecule has 2 aromatic rings. The van der Waals surface area contributed by atoms with Gasteiger partial charge in [-0.2, -0.15) is 0 Å². The Hall–Kier alpha value is -3.20. The lowest BCUT2D eigenvalue weighted by Gasteiger charge is -2.23. The van der Waals surface area contributed by atoms with Crippen molar-refractivity contribution in [3.8, 4) is 0 Å². The Bertz CT molecular complexity index is 992. The van der Waals surface area contributed by atoms with Crippen molar-refractivity contribution in [2.75, 3.05) is 18.9 Å². The zero-order valence-electron chi connectivity index (χ0n) is 15.8. The second-order valence-corrected chi connectivity index (χ2v) is 7.49. The average Bonchev–Trinajstić information content (AvgIpc) is 2.92. The van der Waals surface area contributed by atoms with Crippen LogP contribution >= 0.6 is 15.9 Å². The van der Waals surface area contributed by atoms with Crippen LogP contribution in [0.25, 0.3) is 0 Å². The van der Waals surface area contributed by atoms with Gasteiger partial charge in [-0.25, -0.2) is 4.79 Å². The van der Waals surface area contributed by atoms with Crippen LogP contribution in [0.1, 0.15) is 22.8 Å². The summed E-state index contributed by atoms with van der Waals surface area (Å²) < 4.78 is 0.679. The summed E-state index contributed by atoms with van der Waals surface area (Å²) in [6, 6.07) is 12.7. The van der Waals surface area contributed by atoms with Gasteiger partial charge in [0.15, 0.2) is 0 Å². The van der Waals surface area contributed by atoms with Gasteiger partial charge in [-0.1, -0.05) is 34.1 Å². The third-order valence-electron chi connectivity index (χ3n) is 4.65. The van der Waals surface area contributed by atoms with E-state index in [0.29, 0.717) is 21.3 Å². The minimum atomic E-state index is -1.27. The topological polar surface area (TPSA) is 108 Å². The zero-order chi connectivity index (χ0) is 21.2. The van der Waals surface area contributed by atoms with E-state index in [1.165, 1.54) is 7.05 Å². The number of amides is 5. The van der Waals surface area contributed by atoms with E-state index in [4.69, 9.17) is 0 Å². The van der Waals surface area contributed by atoms with Crippen LogP contribution in [0, 0.1) is 0 Å². The molecule has 1 saturated heterocycles. The van der Waals surface area contributed by atoms with Crippen LogP contribution in [0.15, 0.2) is 53.0 Å². The van der Waals surface area contributed by atoms with Crippen molar-refractivity contribution in [3.63, 3.8) is 0 Å². The molecule has 2 aromatic carbocycles. The summed E-state index contributed by atoms with van der Waals surface area (Å²) in [5.74, 6) is -1.29. The normalized spacial score (nSPS) is 18.4. The van der Waals surface area contributed by atoms with Gasteiger partial charge in [-0.05, 0) is 37.3 Å². The van der Waals surface area contributed by atoms with Crippen LogP contribution in [-0.4, -0.2) is 42.2 Å². The zero-order valence-corrected chi connectivity index (χ0v) is 17.4. The second-order valence-electron chi connectivity index (χ2n) is 6.63. The molecular formula is C20H19BrN4O4. The summed E-state index contributed by atoms with van der Waals surface area (Å²) in [5.41, 5.74) is 0.227. The highest BCUT2D eigenvalue weighted by atomic mass is 79.9. The molecular weight excluding hydrogens is 440 g/mol. The van der Waals surface area contributed by atoms with E-state index in [1.54, 1.807) is 55.5 Å². The van der Waals surface area contributed by atoms with Crippen molar-refractivity contribution >= 4 is 45.4 Å². The van der Waals surface area contributed by atoms with Crippen LogP contribution in [0.2, 0.25) is 0 Å². The maximum absolute atomic E-state index is 12.9. The highest BCUT2D eigenvalue weighted by Crippen LogP contribution is 2.33. The van der Waals surface area contributed by atoms with Gasteiger partial charge < -0.3 is 16.0 Å². The lowest BCUT2D eigenvalue weighted by atomic mass is 9.92. The van der Waals surface area contributed by atoms with Gasteiger partial charge in [0.2, 0.25) is 5.91 Å². The quantitative estimate of drug-likeness (QED) is 0.596. The Morgan fingerprint density at radius 1 is 1.10 bits per heavy atom. The van der Waals surface area contributed by atoms with Crippen LogP contribution in [0.4, 0.5) is 10.5 Å². The molecule has 5 amide bonds. The molecule has 1 fully saturated rings. The summed E-state index contributed by atoms with van der Waals surface area (Å²) in [4.78, 5) is 50.1. The van der Waals surface area contributed by atoms with E-state index >= 15 is 0 Å². The van der Waals surface area contributed by atoms with Crippen molar-refractivity contribution in [2.45, 2.75) is 12.5 Å². The number of benzene rings is 2. The second kappa shape index (κ2) is 8.04. The van der Waals surface area contributed by atoms with Crippen molar-refractivity contribution in [1.29, 1.82) is 0 Å². The van der Waals surface area contributed by atoms with E-state index in [-0.39, 0.29) is 5.91 Å². The summed E-state index contributed by atoms with van der Waals surface area (Å²) in [6.07, 6.45) is 0. The highest BCUT2D eigenvalue weighted by Gasteiger charge is 2.50. The number of halogens is 1. The number of anilines is 1. The number of carbonyl (C=O) groups is 4. The SMILES string of the molecule is CNC(=O)c1ccc(NC(=O)CN2C(=O)NC(C)(c3ccccc3Br)C2=O)cc1. The van der Waals surface area contributed by atoms with Gasteiger partial charge in [0, 0.05) is 28.3 Å². The number of rotatable bonds is 5. The third-order valence-corrected chi connectivity index (χ3v) is 5.34. The predicted octanol–water partition coefficient (Wildman–Crippen LogP) is 2.21. The van der Waals surface area contributed by atoms with Crippen molar-refractivity contribution < 1.29 is 19.2 Å². The molecule has 1 aliphatic heterocycles. The Labute approximate surface area is 175 Å².